The average Bonchev–Trinajstić information content (AvgIpc) is 3.79. The van der Waals surface area contributed by atoms with Gasteiger partial charge in [-0.2, -0.15) is 0 Å². The van der Waals surface area contributed by atoms with Gasteiger partial charge in [0.2, 0.25) is 11.8 Å². The first-order valence-corrected chi connectivity index (χ1v) is 15.1. The zero-order valence-electron chi connectivity index (χ0n) is 23.5. The molecule has 0 aliphatic carbocycles. The number of aromatic amines is 1. The van der Waals surface area contributed by atoms with Crippen molar-refractivity contribution in [2.75, 3.05) is 18.4 Å². The highest BCUT2D eigenvalue weighted by Gasteiger charge is 2.37. The van der Waals surface area contributed by atoms with Gasteiger partial charge in [-0.1, -0.05) is 49.4 Å². The summed E-state index contributed by atoms with van der Waals surface area (Å²) < 4.78 is 1.93. The Morgan fingerprint density at radius 1 is 1.10 bits per heavy atom. The van der Waals surface area contributed by atoms with E-state index < -0.39 is 12.1 Å². The van der Waals surface area contributed by atoms with Crippen LogP contribution in [0.3, 0.4) is 0 Å². The molecule has 3 aromatic heterocycles. The van der Waals surface area contributed by atoms with Crippen LogP contribution in [0.15, 0.2) is 42.9 Å². The van der Waals surface area contributed by atoms with Crippen LogP contribution in [-0.4, -0.2) is 72.4 Å². The van der Waals surface area contributed by atoms with E-state index in [9.17, 15) is 19.5 Å². The first-order chi connectivity index (χ1) is 20.3. The number of hydrogen-bond donors (Lipinski definition) is 5. The number of nitrogens with zero attached hydrogens (tertiary/aromatic N) is 4. The van der Waals surface area contributed by atoms with Crippen molar-refractivity contribution in [1.29, 1.82) is 0 Å². The molecule has 0 bridgehead atoms. The number of likely N-dealkylation sites (tertiary alicyclic amines) is 1. The molecule has 0 saturated carbocycles. The van der Waals surface area contributed by atoms with Crippen LogP contribution in [0.2, 0.25) is 0 Å². The van der Waals surface area contributed by atoms with Crippen LogP contribution in [0.5, 0.6) is 0 Å². The fourth-order valence-corrected chi connectivity index (χ4v) is 6.69. The molecule has 220 valence electrons. The molecule has 13 heteroatoms. The first kappa shape index (κ1) is 27.9. The second-order valence-electron chi connectivity index (χ2n) is 11.2. The standard InChI is InChI=1S/C29H34N8O4S/c1-16(2)24(35-29(40)41)27(39)37-12-4-6-21(37)25-31-13-20(32-25)17-7-9-18(10-8-17)22-14-36-15-23(34-28(36)42-22)33-26(38)19-5-3-11-30-19/h7-10,13-16,19,21,24,30,35H,3-6,11-12H2,1-2H3,(H,31,32)(H,33,38)(H,40,41)/t19-,21-,24-/m0/s1. The Bertz CT molecular complexity index is 1570. The van der Waals surface area contributed by atoms with Gasteiger partial charge < -0.3 is 30.9 Å². The summed E-state index contributed by atoms with van der Waals surface area (Å²) in [7, 11) is 0. The molecule has 42 heavy (non-hydrogen) atoms. The number of rotatable bonds is 8. The van der Waals surface area contributed by atoms with Crippen molar-refractivity contribution in [3.8, 4) is 21.7 Å². The molecule has 0 spiro atoms. The molecule has 5 heterocycles. The molecule has 3 amide bonds. The van der Waals surface area contributed by atoms with E-state index in [1.54, 1.807) is 22.4 Å². The quantitative estimate of drug-likeness (QED) is 0.207. The third kappa shape index (κ3) is 5.61. The van der Waals surface area contributed by atoms with E-state index in [0.717, 1.165) is 58.9 Å². The van der Waals surface area contributed by atoms with E-state index in [1.165, 1.54) is 0 Å². The topological polar surface area (TPSA) is 157 Å². The van der Waals surface area contributed by atoms with Gasteiger partial charge in [-0.3, -0.25) is 14.0 Å². The molecule has 2 aliphatic rings. The van der Waals surface area contributed by atoms with Gasteiger partial charge in [0, 0.05) is 12.7 Å². The van der Waals surface area contributed by atoms with Crippen molar-refractivity contribution in [3.63, 3.8) is 0 Å². The summed E-state index contributed by atoms with van der Waals surface area (Å²) in [4.78, 5) is 53.1. The fraction of sp³-hybridized carbons (Fsp3) is 0.414. The van der Waals surface area contributed by atoms with Crippen LogP contribution in [0.1, 0.15) is 51.4 Å². The number of aromatic nitrogens is 4. The van der Waals surface area contributed by atoms with Gasteiger partial charge >= 0.3 is 6.09 Å². The zero-order chi connectivity index (χ0) is 29.4. The monoisotopic (exact) mass is 590 g/mol. The van der Waals surface area contributed by atoms with Crippen molar-refractivity contribution >= 4 is 40.0 Å². The predicted octanol–water partition coefficient (Wildman–Crippen LogP) is 4.10. The Morgan fingerprint density at radius 2 is 1.88 bits per heavy atom. The molecule has 2 saturated heterocycles. The van der Waals surface area contributed by atoms with Crippen molar-refractivity contribution in [1.82, 2.24) is 34.9 Å². The minimum Gasteiger partial charge on any atom is -0.465 e. The molecule has 0 unspecified atom stereocenters. The third-order valence-electron chi connectivity index (χ3n) is 7.92. The second-order valence-corrected chi connectivity index (χ2v) is 12.2. The number of fused-ring (bicyclic) bond motifs is 1. The van der Waals surface area contributed by atoms with Gasteiger partial charge in [-0.15, -0.1) is 0 Å². The summed E-state index contributed by atoms with van der Waals surface area (Å²) in [5, 5.41) is 17.7. The molecule has 5 N–H and O–H groups in total. The van der Waals surface area contributed by atoms with Crippen LogP contribution in [0, 0.1) is 5.92 Å². The Morgan fingerprint density at radius 3 is 2.57 bits per heavy atom. The number of thiazole rings is 1. The summed E-state index contributed by atoms with van der Waals surface area (Å²) in [6, 6.07) is 6.97. The van der Waals surface area contributed by atoms with E-state index in [1.807, 2.05) is 54.9 Å². The summed E-state index contributed by atoms with van der Waals surface area (Å²) in [6.07, 6.45) is 7.86. The Labute approximate surface area is 246 Å². The van der Waals surface area contributed by atoms with Crippen LogP contribution < -0.4 is 16.0 Å². The summed E-state index contributed by atoms with van der Waals surface area (Å²) in [5.41, 5.74) is 2.86. The Kier molecular flexibility index (Phi) is 7.69. The summed E-state index contributed by atoms with van der Waals surface area (Å²) >= 11 is 1.55. The molecular formula is C29H34N8O4S. The van der Waals surface area contributed by atoms with Crippen LogP contribution >= 0.6 is 11.3 Å². The van der Waals surface area contributed by atoms with E-state index >= 15 is 0 Å². The number of benzene rings is 1. The minimum atomic E-state index is -1.20. The van der Waals surface area contributed by atoms with Gasteiger partial charge in [0.1, 0.15) is 11.9 Å². The molecule has 3 atom stereocenters. The van der Waals surface area contributed by atoms with Gasteiger partial charge in [0.25, 0.3) is 0 Å². The highest BCUT2D eigenvalue weighted by Crippen LogP contribution is 2.34. The summed E-state index contributed by atoms with van der Waals surface area (Å²) in [5.74, 6) is 0.814. The molecule has 0 radical (unpaired) electrons. The molecule has 12 nitrogen and oxygen atoms in total. The van der Waals surface area contributed by atoms with Crippen molar-refractivity contribution in [2.24, 2.45) is 5.92 Å². The molecule has 2 fully saturated rings. The lowest BCUT2D eigenvalue weighted by Crippen LogP contribution is -2.50. The second kappa shape index (κ2) is 11.6. The largest absolute Gasteiger partial charge is 0.465 e. The number of imidazole rings is 2. The number of carbonyl (C=O) groups is 3. The number of amides is 3. The number of carboxylic acid groups (broad SMARTS) is 1. The van der Waals surface area contributed by atoms with Crippen molar-refractivity contribution in [3.05, 3.63) is 48.7 Å². The number of H-pyrrole nitrogens is 1. The normalized spacial score (nSPS) is 19.5. The van der Waals surface area contributed by atoms with Crippen LogP contribution in [0.25, 0.3) is 26.7 Å². The molecule has 1 aromatic carbocycles. The SMILES string of the molecule is CC(C)[C@H](NC(=O)O)C(=O)N1CCC[C@H]1c1ncc(-c2ccc(-c3cn4cc(NC(=O)[C@@H]5CCCN5)nc4s3)cc2)[nH]1. The lowest BCUT2D eigenvalue weighted by molar-refractivity contribution is -0.135. The lowest BCUT2D eigenvalue weighted by atomic mass is 10.0. The number of carbonyl (C=O) groups excluding carboxylic acids is 2. The molecule has 6 rings (SSSR count). The van der Waals surface area contributed by atoms with E-state index in [0.29, 0.717) is 18.2 Å². The third-order valence-corrected chi connectivity index (χ3v) is 8.97. The molecule has 4 aromatic rings. The first-order valence-electron chi connectivity index (χ1n) is 14.3. The number of nitrogens with one attached hydrogen (secondary N) is 4. The molecular weight excluding hydrogens is 556 g/mol. The average molecular weight is 591 g/mol. The zero-order valence-corrected chi connectivity index (χ0v) is 24.3. The number of hydrogen-bond acceptors (Lipinski definition) is 7. The Balaban J connectivity index is 1.13. The smallest absolute Gasteiger partial charge is 0.405 e. The van der Waals surface area contributed by atoms with Gasteiger partial charge in [-0.05, 0) is 49.3 Å². The minimum absolute atomic E-state index is 0.0433. The van der Waals surface area contributed by atoms with Crippen LogP contribution in [-0.2, 0) is 9.59 Å². The Hall–Kier alpha value is -4.23. The van der Waals surface area contributed by atoms with Crippen molar-refractivity contribution in [2.45, 2.75) is 57.7 Å². The fourth-order valence-electron chi connectivity index (χ4n) is 5.72. The predicted molar refractivity (Wildman–Crippen MR) is 159 cm³/mol. The van der Waals surface area contributed by atoms with E-state index in [-0.39, 0.29) is 29.8 Å². The van der Waals surface area contributed by atoms with Crippen molar-refractivity contribution < 1.29 is 19.5 Å². The maximum Gasteiger partial charge on any atom is 0.405 e. The molecule has 2 aliphatic heterocycles. The number of anilines is 1. The maximum absolute atomic E-state index is 13.3. The van der Waals surface area contributed by atoms with Gasteiger partial charge in [0.15, 0.2) is 10.8 Å². The maximum atomic E-state index is 13.3. The van der Waals surface area contributed by atoms with E-state index in [2.05, 4.69) is 30.9 Å². The van der Waals surface area contributed by atoms with Gasteiger partial charge in [0.05, 0.1) is 35.0 Å². The van der Waals surface area contributed by atoms with Gasteiger partial charge in [-0.25, -0.2) is 14.8 Å². The highest BCUT2D eigenvalue weighted by molar-refractivity contribution is 7.20. The van der Waals surface area contributed by atoms with E-state index in [4.69, 9.17) is 0 Å². The van der Waals surface area contributed by atoms with Crippen LogP contribution in [0.4, 0.5) is 10.6 Å². The lowest BCUT2D eigenvalue weighted by Gasteiger charge is -2.29. The highest BCUT2D eigenvalue weighted by atomic mass is 32.1. The summed E-state index contributed by atoms with van der Waals surface area (Å²) in [6.45, 7) is 5.10.